The summed E-state index contributed by atoms with van der Waals surface area (Å²) in [5.41, 5.74) is 1.15. The van der Waals surface area contributed by atoms with E-state index in [4.69, 9.17) is 4.74 Å². The Bertz CT molecular complexity index is 1230. The van der Waals surface area contributed by atoms with Crippen LogP contribution in [0.15, 0.2) is 53.5 Å². The Hall–Kier alpha value is -3.95. The highest BCUT2D eigenvalue weighted by atomic mass is 19.1. The van der Waals surface area contributed by atoms with Crippen LogP contribution in [0.4, 0.5) is 19.7 Å². The van der Waals surface area contributed by atoms with Crippen LogP contribution in [-0.4, -0.2) is 67.1 Å². The van der Waals surface area contributed by atoms with E-state index in [2.05, 4.69) is 15.6 Å². The van der Waals surface area contributed by atoms with E-state index >= 15 is 0 Å². The Balaban J connectivity index is 1.42. The normalized spacial score (nSPS) is 18.3. The number of hydrogen-bond acceptors (Lipinski definition) is 5. The van der Waals surface area contributed by atoms with Gasteiger partial charge in [0.05, 0.1) is 11.4 Å². The Morgan fingerprint density at radius 2 is 1.68 bits per heavy atom. The van der Waals surface area contributed by atoms with E-state index in [0.717, 1.165) is 12.8 Å². The number of carbonyl (C=O) groups excluding carboxylic acids is 3. The Morgan fingerprint density at radius 3 is 2.34 bits per heavy atom. The summed E-state index contributed by atoms with van der Waals surface area (Å²) in [4.78, 5) is 46.0. The van der Waals surface area contributed by atoms with Crippen molar-refractivity contribution in [2.45, 2.75) is 45.4 Å². The molecule has 2 N–H and O–H groups in total. The number of fused-ring (bicyclic) bond motifs is 1. The zero-order valence-corrected chi connectivity index (χ0v) is 22.2. The summed E-state index contributed by atoms with van der Waals surface area (Å²) in [6, 6.07) is 12.8. The van der Waals surface area contributed by atoms with Gasteiger partial charge in [-0.25, -0.2) is 19.0 Å². The maximum absolute atomic E-state index is 14.8. The molecule has 202 valence electrons. The van der Waals surface area contributed by atoms with Crippen molar-refractivity contribution in [1.82, 2.24) is 15.5 Å². The molecule has 1 fully saturated rings. The molecule has 0 aliphatic carbocycles. The number of amides is 4. The molecule has 2 aliphatic heterocycles. The van der Waals surface area contributed by atoms with Gasteiger partial charge >= 0.3 is 12.1 Å². The number of likely N-dealkylation sites (tertiary alicyclic amines) is 1. The van der Waals surface area contributed by atoms with Crippen molar-refractivity contribution in [3.05, 3.63) is 65.5 Å². The molecule has 1 saturated heterocycles. The van der Waals surface area contributed by atoms with Crippen LogP contribution >= 0.6 is 0 Å². The second kappa shape index (κ2) is 11.2. The van der Waals surface area contributed by atoms with Crippen LogP contribution in [0.25, 0.3) is 0 Å². The summed E-state index contributed by atoms with van der Waals surface area (Å²) in [5, 5.41) is 5.48. The second-order valence-electron chi connectivity index (χ2n) is 10.5. The highest BCUT2D eigenvalue weighted by Crippen LogP contribution is 2.28. The van der Waals surface area contributed by atoms with E-state index in [1.54, 1.807) is 54.4 Å². The number of ether oxygens (including phenoxy) is 1. The first-order valence-corrected chi connectivity index (χ1v) is 12.8. The number of piperidine rings is 1. The molecule has 0 bridgehead atoms. The first kappa shape index (κ1) is 27.1. The number of aliphatic imine (C=N–C) groups is 1. The van der Waals surface area contributed by atoms with Gasteiger partial charge in [-0.1, -0.05) is 30.3 Å². The van der Waals surface area contributed by atoms with Gasteiger partial charge < -0.3 is 25.2 Å². The van der Waals surface area contributed by atoms with Crippen LogP contribution in [0.2, 0.25) is 0 Å². The molecule has 0 saturated carbocycles. The zero-order valence-electron chi connectivity index (χ0n) is 22.2. The number of rotatable bonds is 4. The highest BCUT2D eigenvalue weighted by Gasteiger charge is 2.32. The number of benzodiazepines with no additional fused rings is 1. The first-order chi connectivity index (χ1) is 18.0. The topological polar surface area (TPSA) is 103 Å². The van der Waals surface area contributed by atoms with E-state index in [-0.39, 0.29) is 23.3 Å². The van der Waals surface area contributed by atoms with E-state index in [1.807, 2.05) is 20.8 Å². The molecule has 2 aromatic rings. The fourth-order valence-electron chi connectivity index (χ4n) is 4.54. The lowest BCUT2D eigenvalue weighted by atomic mass is 9.97. The number of para-hydroxylation sites is 1. The third-order valence-corrected chi connectivity index (χ3v) is 6.56. The summed E-state index contributed by atoms with van der Waals surface area (Å²) < 4.78 is 20.2. The van der Waals surface area contributed by atoms with Gasteiger partial charge in [-0.05, 0) is 57.7 Å². The van der Waals surface area contributed by atoms with Gasteiger partial charge in [0.1, 0.15) is 11.4 Å². The SMILES string of the molecule is CN1C(=O)C(NC(=O)NCC2CCN(C(=O)OC(C)(C)C)CC2)N=C(c2ccccc2F)c2ccccc21. The Labute approximate surface area is 222 Å². The third-order valence-electron chi connectivity index (χ3n) is 6.56. The molecule has 1 unspecified atom stereocenters. The molecule has 0 aromatic heterocycles. The van der Waals surface area contributed by atoms with Gasteiger partial charge in [-0.3, -0.25) is 4.79 Å². The molecular formula is C28H34FN5O4. The number of likely N-dealkylation sites (N-methyl/N-ethyl adjacent to an activating group) is 1. The van der Waals surface area contributed by atoms with Crippen LogP contribution in [0.1, 0.15) is 44.7 Å². The van der Waals surface area contributed by atoms with Crippen LogP contribution in [0.3, 0.4) is 0 Å². The van der Waals surface area contributed by atoms with Crippen molar-refractivity contribution in [1.29, 1.82) is 0 Å². The van der Waals surface area contributed by atoms with Gasteiger partial charge in [-0.2, -0.15) is 0 Å². The number of hydrogen-bond donors (Lipinski definition) is 2. The largest absolute Gasteiger partial charge is 0.444 e. The fraction of sp³-hybridized carbons (Fsp3) is 0.429. The fourth-order valence-corrected chi connectivity index (χ4v) is 4.54. The van der Waals surface area contributed by atoms with Crippen molar-refractivity contribution >= 4 is 29.4 Å². The standard InChI is InChI=1S/C28H34FN5O4/c1-28(2,3)38-27(37)34-15-13-18(14-16-34)17-30-26(36)32-24-25(35)33(4)22-12-8-6-10-20(22)23(31-24)19-9-5-7-11-21(19)29/h5-12,18,24H,13-17H2,1-4H3,(H2,30,32,36). The summed E-state index contributed by atoms with van der Waals surface area (Å²) in [7, 11) is 1.60. The lowest BCUT2D eigenvalue weighted by Gasteiger charge is -2.33. The maximum Gasteiger partial charge on any atom is 0.410 e. The minimum Gasteiger partial charge on any atom is -0.444 e. The summed E-state index contributed by atoms with van der Waals surface area (Å²) in [6.07, 6.45) is -0.136. The van der Waals surface area contributed by atoms with Crippen LogP contribution < -0.4 is 15.5 Å². The van der Waals surface area contributed by atoms with Gasteiger partial charge in [0.2, 0.25) is 6.17 Å². The van der Waals surface area contributed by atoms with E-state index < -0.39 is 29.5 Å². The first-order valence-electron chi connectivity index (χ1n) is 12.8. The molecule has 2 aromatic carbocycles. The second-order valence-corrected chi connectivity index (χ2v) is 10.5. The molecule has 1 atom stereocenters. The van der Waals surface area contributed by atoms with Gasteiger partial charge in [-0.15, -0.1) is 0 Å². The van der Waals surface area contributed by atoms with Crippen LogP contribution in [0.5, 0.6) is 0 Å². The van der Waals surface area contributed by atoms with Gasteiger partial charge in [0.15, 0.2) is 0 Å². The Morgan fingerprint density at radius 1 is 1.05 bits per heavy atom. The number of carbonyl (C=O) groups is 3. The molecular weight excluding hydrogens is 489 g/mol. The van der Waals surface area contributed by atoms with Gasteiger partial charge in [0.25, 0.3) is 5.91 Å². The average molecular weight is 524 g/mol. The maximum atomic E-state index is 14.8. The van der Waals surface area contributed by atoms with Crippen molar-refractivity contribution in [3.63, 3.8) is 0 Å². The van der Waals surface area contributed by atoms with Crippen molar-refractivity contribution in [3.8, 4) is 0 Å². The predicted octanol–water partition coefficient (Wildman–Crippen LogP) is 3.91. The quantitative estimate of drug-likeness (QED) is 0.634. The van der Waals surface area contributed by atoms with Crippen molar-refractivity contribution in [2.24, 2.45) is 10.9 Å². The molecule has 0 radical (unpaired) electrons. The van der Waals surface area contributed by atoms with Crippen LogP contribution in [0, 0.1) is 11.7 Å². The Kier molecular flexibility index (Phi) is 7.99. The molecule has 2 aliphatic rings. The molecule has 38 heavy (non-hydrogen) atoms. The number of nitrogens with zero attached hydrogens (tertiary/aromatic N) is 3. The lowest BCUT2D eigenvalue weighted by molar-refractivity contribution is -0.119. The smallest absolute Gasteiger partial charge is 0.410 e. The molecule has 10 heteroatoms. The molecule has 9 nitrogen and oxygen atoms in total. The number of halogens is 1. The third kappa shape index (κ3) is 6.30. The van der Waals surface area contributed by atoms with Crippen LogP contribution in [-0.2, 0) is 9.53 Å². The summed E-state index contributed by atoms with van der Waals surface area (Å²) in [5.74, 6) is -0.739. The lowest BCUT2D eigenvalue weighted by Crippen LogP contribution is -2.50. The van der Waals surface area contributed by atoms with Crippen molar-refractivity contribution < 1.29 is 23.5 Å². The van der Waals surface area contributed by atoms with Gasteiger partial charge in [0, 0.05) is 37.8 Å². The number of anilines is 1. The minimum atomic E-state index is -1.24. The average Bonchev–Trinajstić information content (AvgIpc) is 2.98. The molecule has 4 rings (SSSR count). The van der Waals surface area contributed by atoms with E-state index in [9.17, 15) is 18.8 Å². The minimum absolute atomic E-state index is 0.175. The number of nitrogens with one attached hydrogen (secondary N) is 2. The molecule has 2 heterocycles. The summed E-state index contributed by atoms with van der Waals surface area (Å²) in [6.45, 7) is 6.97. The van der Waals surface area contributed by atoms with E-state index in [1.165, 1.54) is 11.0 Å². The number of benzene rings is 2. The molecule has 4 amide bonds. The summed E-state index contributed by atoms with van der Waals surface area (Å²) >= 11 is 0. The predicted molar refractivity (Wildman–Crippen MR) is 143 cm³/mol. The monoisotopic (exact) mass is 523 g/mol. The van der Waals surface area contributed by atoms with Crippen molar-refractivity contribution in [2.75, 3.05) is 31.6 Å². The highest BCUT2D eigenvalue weighted by molar-refractivity contribution is 6.20. The molecule has 0 spiro atoms. The number of urea groups is 1. The zero-order chi connectivity index (χ0) is 27.4. The van der Waals surface area contributed by atoms with E-state index in [0.29, 0.717) is 30.9 Å².